The largest absolute Gasteiger partial charge is 0.271 e. The Bertz CT molecular complexity index is 1180. The van der Waals surface area contributed by atoms with E-state index in [1.54, 1.807) is 19.1 Å². The monoisotopic (exact) mass is 428 g/mol. The maximum absolute atomic E-state index is 13.7. The predicted molar refractivity (Wildman–Crippen MR) is 118 cm³/mol. The summed E-state index contributed by atoms with van der Waals surface area (Å²) in [4.78, 5) is 13.2. The SMILES string of the molecule is Cc1nnnn1C(Cc1cccc(F)c1)C(=O)NN=C(c1ccccc1)c1ccccc1. The summed E-state index contributed by atoms with van der Waals surface area (Å²) in [5, 5.41) is 15.9. The van der Waals surface area contributed by atoms with Crippen LogP contribution in [-0.4, -0.2) is 31.8 Å². The van der Waals surface area contributed by atoms with E-state index in [1.807, 2.05) is 60.7 Å². The van der Waals surface area contributed by atoms with Gasteiger partial charge in [-0.05, 0) is 35.0 Å². The van der Waals surface area contributed by atoms with Gasteiger partial charge in [-0.3, -0.25) is 4.79 Å². The number of benzene rings is 3. The molecule has 7 nitrogen and oxygen atoms in total. The van der Waals surface area contributed by atoms with Crippen molar-refractivity contribution in [2.75, 3.05) is 0 Å². The Balaban J connectivity index is 1.65. The van der Waals surface area contributed by atoms with Gasteiger partial charge in [-0.15, -0.1) is 5.10 Å². The van der Waals surface area contributed by atoms with Gasteiger partial charge in [-0.1, -0.05) is 72.8 Å². The quantitative estimate of drug-likeness (QED) is 0.361. The third kappa shape index (κ3) is 4.92. The summed E-state index contributed by atoms with van der Waals surface area (Å²) in [6, 6.07) is 24.5. The van der Waals surface area contributed by atoms with Gasteiger partial charge in [0.15, 0.2) is 0 Å². The fraction of sp³-hybridized carbons (Fsp3) is 0.125. The number of carbonyl (C=O) groups is 1. The van der Waals surface area contributed by atoms with Gasteiger partial charge >= 0.3 is 0 Å². The second-order valence-electron chi connectivity index (χ2n) is 7.19. The van der Waals surface area contributed by atoms with E-state index in [0.717, 1.165) is 11.1 Å². The van der Waals surface area contributed by atoms with E-state index in [4.69, 9.17) is 0 Å². The molecule has 0 radical (unpaired) electrons. The first-order valence-electron chi connectivity index (χ1n) is 10.1. The van der Waals surface area contributed by atoms with Crippen molar-refractivity contribution in [3.8, 4) is 0 Å². The molecular formula is C24H21FN6O. The lowest BCUT2D eigenvalue weighted by molar-refractivity contribution is -0.124. The molecule has 1 N–H and O–H groups in total. The Morgan fingerprint density at radius 2 is 1.66 bits per heavy atom. The van der Waals surface area contributed by atoms with Crippen LogP contribution in [0.5, 0.6) is 0 Å². The average molecular weight is 428 g/mol. The maximum Gasteiger partial charge on any atom is 0.265 e. The second-order valence-corrected chi connectivity index (χ2v) is 7.19. The third-order valence-corrected chi connectivity index (χ3v) is 4.95. The van der Waals surface area contributed by atoms with Crippen molar-refractivity contribution < 1.29 is 9.18 Å². The van der Waals surface area contributed by atoms with Crippen LogP contribution in [0.4, 0.5) is 4.39 Å². The van der Waals surface area contributed by atoms with E-state index in [1.165, 1.54) is 16.8 Å². The van der Waals surface area contributed by atoms with E-state index in [-0.39, 0.29) is 12.2 Å². The van der Waals surface area contributed by atoms with Crippen molar-refractivity contribution in [1.82, 2.24) is 25.6 Å². The minimum absolute atomic E-state index is 0.205. The Labute approximate surface area is 184 Å². The van der Waals surface area contributed by atoms with Gasteiger partial charge < -0.3 is 0 Å². The highest BCUT2D eigenvalue weighted by Gasteiger charge is 2.24. The van der Waals surface area contributed by atoms with Crippen molar-refractivity contribution in [2.24, 2.45) is 5.10 Å². The molecule has 0 aliphatic rings. The van der Waals surface area contributed by atoms with Crippen LogP contribution in [0, 0.1) is 12.7 Å². The van der Waals surface area contributed by atoms with Crippen LogP contribution in [0.3, 0.4) is 0 Å². The van der Waals surface area contributed by atoms with E-state index in [0.29, 0.717) is 17.1 Å². The molecule has 0 fully saturated rings. The van der Waals surface area contributed by atoms with Crippen LogP contribution in [0.25, 0.3) is 0 Å². The summed E-state index contributed by atoms with van der Waals surface area (Å²) in [5.41, 5.74) is 5.66. The van der Waals surface area contributed by atoms with Crippen molar-refractivity contribution in [2.45, 2.75) is 19.4 Å². The first-order chi connectivity index (χ1) is 15.6. The van der Waals surface area contributed by atoms with Gasteiger partial charge in [0, 0.05) is 17.5 Å². The third-order valence-electron chi connectivity index (χ3n) is 4.95. The summed E-state index contributed by atoms with van der Waals surface area (Å²) in [7, 11) is 0. The number of halogens is 1. The summed E-state index contributed by atoms with van der Waals surface area (Å²) < 4.78 is 15.1. The molecule has 0 saturated carbocycles. The fourth-order valence-corrected chi connectivity index (χ4v) is 3.38. The lowest BCUT2D eigenvalue weighted by Crippen LogP contribution is -2.33. The molecule has 3 aromatic carbocycles. The molecule has 32 heavy (non-hydrogen) atoms. The van der Waals surface area contributed by atoms with Crippen molar-refractivity contribution >= 4 is 11.6 Å². The topological polar surface area (TPSA) is 85.1 Å². The molecule has 1 atom stereocenters. The summed E-state index contributed by atoms with van der Waals surface area (Å²) in [6.45, 7) is 1.70. The van der Waals surface area contributed by atoms with Gasteiger partial charge in [-0.25, -0.2) is 14.5 Å². The Morgan fingerprint density at radius 3 is 2.22 bits per heavy atom. The standard InChI is InChI=1S/C24H21FN6O/c1-17-26-29-30-31(17)22(16-18-9-8-14-21(25)15-18)24(32)28-27-23(19-10-4-2-5-11-19)20-12-6-3-7-13-20/h2-15,22H,16H2,1H3,(H,28,32). The Hall–Kier alpha value is -4.20. The summed E-state index contributed by atoms with van der Waals surface area (Å²) in [6.07, 6.45) is 0.205. The molecule has 4 rings (SSSR count). The predicted octanol–water partition coefficient (Wildman–Crippen LogP) is 3.47. The number of hydrogen-bond donors (Lipinski definition) is 1. The molecule has 160 valence electrons. The highest BCUT2D eigenvalue weighted by molar-refractivity contribution is 6.13. The maximum atomic E-state index is 13.7. The van der Waals surface area contributed by atoms with Gasteiger partial charge in [0.25, 0.3) is 5.91 Å². The summed E-state index contributed by atoms with van der Waals surface area (Å²) >= 11 is 0. The lowest BCUT2D eigenvalue weighted by Gasteiger charge is -2.17. The number of amides is 1. The fourth-order valence-electron chi connectivity index (χ4n) is 3.38. The van der Waals surface area contributed by atoms with E-state index >= 15 is 0 Å². The molecule has 1 unspecified atom stereocenters. The van der Waals surface area contributed by atoms with Crippen LogP contribution < -0.4 is 5.43 Å². The Morgan fingerprint density at radius 1 is 1.00 bits per heavy atom. The first kappa shape index (κ1) is 21.0. The number of nitrogens with one attached hydrogen (secondary N) is 1. The second kappa shape index (κ2) is 9.74. The molecule has 0 aliphatic carbocycles. The van der Waals surface area contributed by atoms with Crippen molar-refractivity contribution in [3.63, 3.8) is 0 Å². The highest BCUT2D eigenvalue weighted by atomic mass is 19.1. The summed E-state index contributed by atoms with van der Waals surface area (Å²) in [5.74, 6) is -0.311. The number of tetrazole rings is 1. The highest BCUT2D eigenvalue weighted by Crippen LogP contribution is 2.17. The van der Waals surface area contributed by atoms with Crippen LogP contribution in [-0.2, 0) is 11.2 Å². The van der Waals surface area contributed by atoms with E-state index in [2.05, 4.69) is 26.1 Å². The van der Waals surface area contributed by atoms with Crippen LogP contribution in [0.15, 0.2) is 90.0 Å². The van der Waals surface area contributed by atoms with Gasteiger partial charge in [-0.2, -0.15) is 5.10 Å². The zero-order valence-corrected chi connectivity index (χ0v) is 17.4. The zero-order chi connectivity index (χ0) is 22.3. The average Bonchev–Trinajstić information content (AvgIpc) is 3.24. The number of hydrogen-bond acceptors (Lipinski definition) is 5. The molecule has 4 aromatic rings. The van der Waals surface area contributed by atoms with Crippen molar-refractivity contribution in [3.05, 3.63) is 113 Å². The molecular weight excluding hydrogens is 407 g/mol. The number of aryl methyl sites for hydroxylation is 1. The molecule has 0 spiro atoms. The minimum Gasteiger partial charge on any atom is -0.271 e. The number of nitrogens with zero attached hydrogens (tertiary/aromatic N) is 5. The minimum atomic E-state index is -0.802. The molecule has 8 heteroatoms. The Kier molecular flexibility index (Phi) is 6.41. The van der Waals surface area contributed by atoms with Gasteiger partial charge in [0.1, 0.15) is 17.7 Å². The number of rotatable bonds is 7. The molecule has 1 amide bonds. The van der Waals surface area contributed by atoms with E-state index < -0.39 is 11.9 Å². The smallest absolute Gasteiger partial charge is 0.265 e. The van der Waals surface area contributed by atoms with E-state index in [9.17, 15) is 9.18 Å². The van der Waals surface area contributed by atoms with Crippen LogP contribution in [0.2, 0.25) is 0 Å². The first-order valence-corrected chi connectivity index (χ1v) is 10.1. The van der Waals surface area contributed by atoms with Crippen molar-refractivity contribution in [1.29, 1.82) is 0 Å². The molecule has 1 aromatic heterocycles. The molecule has 0 saturated heterocycles. The zero-order valence-electron chi connectivity index (χ0n) is 17.4. The van der Waals surface area contributed by atoms with Gasteiger partial charge in [0.05, 0.1) is 5.71 Å². The molecule has 0 aliphatic heterocycles. The van der Waals surface area contributed by atoms with Crippen LogP contribution >= 0.6 is 0 Å². The van der Waals surface area contributed by atoms with Crippen LogP contribution in [0.1, 0.15) is 28.6 Å². The molecule has 1 heterocycles. The number of aromatic nitrogens is 4. The molecule has 0 bridgehead atoms. The number of carbonyl (C=O) groups excluding carboxylic acids is 1. The normalized spacial score (nSPS) is 11.6. The number of hydrazone groups is 1. The lowest BCUT2D eigenvalue weighted by atomic mass is 10.0. The van der Waals surface area contributed by atoms with Gasteiger partial charge in [0.2, 0.25) is 0 Å².